The third kappa shape index (κ3) is 1.68. The zero-order chi connectivity index (χ0) is 11.9. The number of hydrogen-bond acceptors (Lipinski definition) is 4. The lowest BCUT2D eigenvalue weighted by Gasteiger charge is -2.04. The summed E-state index contributed by atoms with van der Waals surface area (Å²) < 4.78 is 30.6. The molecular weight excluding hydrogens is 232 g/mol. The van der Waals surface area contributed by atoms with E-state index in [2.05, 4.69) is 0 Å². The Bertz CT molecular complexity index is 660. The van der Waals surface area contributed by atoms with Gasteiger partial charge in [-0.15, -0.1) is 0 Å². The van der Waals surface area contributed by atoms with Gasteiger partial charge in [-0.2, -0.15) is 8.42 Å². The number of benzene rings is 2. The van der Waals surface area contributed by atoms with Crippen LogP contribution in [0.15, 0.2) is 35.2 Å². The van der Waals surface area contributed by atoms with E-state index < -0.39 is 10.1 Å². The van der Waals surface area contributed by atoms with E-state index in [4.69, 9.17) is 4.55 Å². The second-order valence-corrected chi connectivity index (χ2v) is 4.71. The van der Waals surface area contributed by atoms with Gasteiger partial charge >= 0.3 is 0 Å². The highest BCUT2D eigenvalue weighted by atomic mass is 32.2. The minimum absolute atomic E-state index is 0.0744. The molecule has 0 aliphatic heterocycles. The van der Waals surface area contributed by atoms with E-state index in [-0.39, 0.29) is 21.8 Å². The highest BCUT2D eigenvalue weighted by Crippen LogP contribution is 2.32. The van der Waals surface area contributed by atoms with Crippen molar-refractivity contribution in [2.45, 2.75) is 4.90 Å². The van der Waals surface area contributed by atoms with Crippen molar-refractivity contribution in [3.63, 3.8) is 0 Å². The van der Waals surface area contributed by atoms with Crippen LogP contribution in [0.2, 0.25) is 0 Å². The van der Waals surface area contributed by atoms with E-state index in [1.807, 2.05) is 0 Å². The van der Waals surface area contributed by atoms with Gasteiger partial charge < -0.3 is 10.2 Å². The zero-order valence-electron chi connectivity index (χ0n) is 7.95. The molecule has 6 heteroatoms. The van der Waals surface area contributed by atoms with Crippen LogP contribution in [0, 0.1) is 0 Å². The molecule has 2 aromatic carbocycles. The number of fused-ring (bicyclic) bond motifs is 1. The lowest BCUT2D eigenvalue weighted by molar-refractivity contribution is 0.469. The number of phenols is 2. The van der Waals surface area contributed by atoms with Gasteiger partial charge in [0.15, 0.2) is 0 Å². The molecule has 0 aliphatic carbocycles. The predicted molar refractivity (Wildman–Crippen MR) is 57.1 cm³/mol. The predicted octanol–water partition coefficient (Wildman–Crippen LogP) is 1.50. The Kier molecular flexibility index (Phi) is 2.25. The number of rotatable bonds is 1. The fraction of sp³-hybridized carbons (Fsp3) is 0. The Morgan fingerprint density at radius 2 is 1.44 bits per heavy atom. The maximum Gasteiger partial charge on any atom is 0.294 e. The largest absolute Gasteiger partial charge is 0.507 e. The molecule has 0 heterocycles. The van der Waals surface area contributed by atoms with Crippen LogP contribution in [-0.2, 0) is 10.1 Å². The van der Waals surface area contributed by atoms with Crippen LogP contribution < -0.4 is 0 Å². The summed E-state index contributed by atoms with van der Waals surface area (Å²) in [6.07, 6.45) is 0. The summed E-state index contributed by atoms with van der Waals surface area (Å²) in [5.74, 6) is -0.243. The van der Waals surface area contributed by atoms with Crippen LogP contribution in [0.1, 0.15) is 0 Å². The first-order valence-corrected chi connectivity index (χ1v) is 5.76. The summed E-state index contributed by atoms with van der Waals surface area (Å²) in [6.45, 7) is 0. The van der Waals surface area contributed by atoms with Crippen molar-refractivity contribution in [2.75, 3.05) is 0 Å². The van der Waals surface area contributed by atoms with E-state index in [1.54, 1.807) is 0 Å². The summed E-state index contributed by atoms with van der Waals surface area (Å²) in [6, 6.07) is 6.10. The van der Waals surface area contributed by atoms with E-state index in [9.17, 15) is 18.6 Å². The Balaban J connectivity index is 2.86. The van der Waals surface area contributed by atoms with E-state index >= 15 is 0 Å². The minimum Gasteiger partial charge on any atom is -0.507 e. The normalized spacial score (nSPS) is 11.8. The summed E-state index contributed by atoms with van der Waals surface area (Å²) >= 11 is 0. The van der Waals surface area contributed by atoms with Gasteiger partial charge in [0.25, 0.3) is 10.1 Å². The second-order valence-electron chi connectivity index (χ2n) is 3.29. The second kappa shape index (κ2) is 3.36. The Morgan fingerprint density at radius 3 is 2.00 bits per heavy atom. The molecule has 0 spiro atoms. The maximum atomic E-state index is 10.9. The van der Waals surface area contributed by atoms with Gasteiger partial charge in [-0.1, -0.05) is 0 Å². The Morgan fingerprint density at radius 1 is 0.875 bits per heavy atom. The fourth-order valence-electron chi connectivity index (χ4n) is 1.46. The average Bonchev–Trinajstić information content (AvgIpc) is 2.22. The SMILES string of the molecule is O=S(=O)(O)c1ccc2c(O)ccc(O)c2c1. The zero-order valence-corrected chi connectivity index (χ0v) is 8.77. The van der Waals surface area contributed by atoms with Crippen molar-refractivity contribution in [3.8, 4) is 11.5 Å². The van der Waals surface area contributed by atoms with Crippen molar-refractivity contribution >= 4 is 20.9 Å². The molecule has 5 nitrogen and oxygen atoms in total. The molecule has 0 saturated heterocycles. The van der Waals surface area contributed by atoms with Crippen molar-refractivity contribution in [1.29, 1.82) is 0 Å². The first kappa shape index (κ1) is 10.7. The van der Waals surface area contributed by atoms with Crippen LogP contribution in [0.25, 0.3) is 10.8 Å². The lowest BCUT2D eigenvalue weighted by Crippen LogP contribution is -1.97. The van der Waals surface area contributed by atoms with E-state index in [0.717, 1.165) is 12.1 Å². The molecule has 0 saturated carbocycles. The minimum atomic E-state index is -4.32. The van der Waals surface area contributed by atoms with Crippen molar-refractivity contribution in [3.05, 3.63) is 30.3 Å². The van der Waals surface area contributed by atoms with Gasteiger partial charge in [-0.25, -0.2) is 0 Å². The molecule has 2 rings (SSSR count). The molecule has 0 aromatic heterocycles. The summed E-state index contributed by atoms with van der Waals surface area (Å²) in [7, 11) is -4.32. The average molecular weight is 240 g/mol. The molecule has 0 fully saturated rings. The highest BCUT2D eigenvalue weighted by molar-refractivity contribution is 7.85. The molecule has 2 aromatic rings. The molecule has 0 aliphatic rings. The smallest absolute Gasteiger partial charge is 0.294 e. The topological polar surface area (TPSA) is 94.8 Å². The van der Waals surface area contributed by atoms with Crippen LogP contribution in [-0.4, -0.2) is 23.2 Å². The summed E-state index contributed by atoms with van der Waals surface area (Å²) in [4.78, 5) is -0.332. The lowest BCUT2D eigenvalue weighted by atomic mass is 10.1. The van der Waals surface area contributed by atoms with Crippen LogP contribution >= 0.6 is 0 Å². The van der Waals surface area contributed by atoms with Crippen LogP contribution in [0.5, 0.6) is 11.5 Å². The molecule has 3 N–H and O–H groups in total. The maximum absolute atomic E-state index is 10.9. The van der Waals surface area contributed by atoms with Gasteiger partial charge in [-0.3, -0.25) is 4.55 Å². The molecule has 16 heavy (non-hydrogen) atoms. The molecule has 0 unspecified atom stereocenters. The van der Waals surface area contributed by atoms with E-state index in [1.165, 1.54) is 18.2 Å². The van der Waals surface area contributed by atoms with Gasteiger partial charge in [0, 0.05) is 10.8 Å². The van der Waals surface area contributed by atoms with Crippen LogP contribution in [0.3, 0.4) is 0 Å². The standard InChI is InChI=1S/C10H8O5S/c11-9-3-4-10(12)8-5-6(16(13,14)15)1-2-7(8)9/h1-5,11-12H,(H,13,14,15). The van der Waals surface area contributed by atoms with Gasteiger partial charge in [0.2, 0.25) is 0 Å². The van der Waals surface area contributed by atoms with Gasteiger partial charge in [0.05, 0.1) is 4.90 Å². The van der Waals surface area contributed by atoms with Gasteiger partial charge in [0.1, 0.15) is 11.5 Å². The van der Waals surface area contributed by atoms with Gasteiger partial charge in [-0.05, 0) is 30.3 Å². The number of hydrogen-bond donors (Lipinski definition) is 3. The third-order valence-electron chi connectivity index (χ3n) is 2.24. The molecular formula is C10H8O5S. The molecule has 0 atom stereocenters. The quantitative estimate of drug-likeness (QED) is 0.518. The summed E-state index contributed by atoms with van der Waals surface area (Å²) in [5.41, 5.74) is 0. The molecule has 0 bridgehead atoms. The highest BCUT2D eigenvalue weighted by Gasteiger charge is 2.12. The Labute approximate surface area is 91.3 Å². The van der Waals surface area contributed by atoms with Crippen molar-refractivity contribution in [2.24, 2.45) is 0 Å². The van der Waals surface area contributed by atoms with Crippen LogP contribution in [0.4, 0.5) is 0 Å². The first-order valence-electron chi connectivity index (χ1n) is 4.32. The Hall–Kier alpha value is -1.79. The number of phenolic OH excluding ortho intramolecular Hbond substituents is 2. The molecule has 0 amide bonds. The molecule has 84 valence electrons. The third-order valence-corrected chi connectivity index (χ3v) is 3.09. The monoisotopic (exact) mass is 240 g/mol. The van der Waals surface area contributed by atoms with Crippen molar-refractivity contribution in [1.82, 2.24) is 0 Å². The summed E-state index contributed by atoms with van der Waals surface area (Å²) in [5, 5.41) is 19.4. The van der Waals surface area contributed by atoms with Crippen molar-refractivity contribution < 1.29 is 23.2 Å². The fourth-order valence-corrected chi connectivity index (χ4v) is 1.96. The number of aromatic hydroxyl groups is 2. The van der Waals surface area contributed by atoms with E-state index in [0.29, 0.717) is 5.39 Å². The molecule has 0 radical (unpaired) electrons. The first-order chi connectivity index (χ1) is 7.39.